The number of hydrogen-bond donors (Lipinski definition) is 0. The first kappa shape index (κ1) is 28.1. The van der Waals surface area contributed by atoms with Crippen LogP contribution in [-0.2, 0) is 0 Å². The van der Waals surface area contributed by atoms with Crippen molar-refractivity contribution in [3.05, 3.63) is 164 Å². The summed E-state index contributed by atoms with van der Waals surface area (Å²) in [6.07, 6.45) is 3.55. The van der Waals surface area contributed by atoms with Crippen molar-refractivity contribution >= 4 is 43.7 Å². The largest absolute Gasteiger partial charge is 0.308 e. The van der Waals surface area contributed by atoms with Crippen molar-refractivity contribution in [1.82, 2.24) is 34.1 Å². The molecule has 0 fully saturated rings. The van der Waals surface area contributed by atoms with Gasteiger partial charge in [-0.25, -0.2) is 24.9 Å². The van der Waals surface area contributed by atoms with Crippen LogP contribution in [0, 0.1) is 0 Å². The summed E-state index contributed by atoms with van der Waals surface area (Å²) in [5.41, 5.74) is 10.1. The van der Waals surface area contributed by atoms with Gasteiger partial charge < -0.3 is 9.13 Å². The van der Waals surface area contributed by atoms with Gasteiger partial charge in [0, 0.05) is 38.8 Å². The second-order valence-corrected chi connectivity index (χ2v) is 12.2. The summed E-state index contributed by atoms with van der Waals surface area (Å²) >= 11 is 0. The molecular weight excluding hydrogens is 615 g/mol. The van der Waals surface area contributed by atoms with Gasteiger partial charge in [-0.3, -0.25) is 0 Å². The van der Waals surface area contributed by atoms with E-state index in [0.717, 1.165) is 61.0 Å². The van der Waals surface area contributed by atoms with Crippen LogP contribution in [0.25, 0.3) is 89.3 Å². The lowest BCUT2D eigenvalue weighted by molar-refractivity contribution is 1.07. The summed E-state index contributed by atoms with van der Waals surface area (Å²) in [7, 11) is 0. The Bertz CT molecular complexity index is 2780. The molecule has 0 saturated heterocycles. The molecule has 50 heavy (non-hydrogen) atoms. The van der Waals surface area contributed by atoms with Gasteiger partial charge in [-0.1, -0.05) is 103 Å². The molecule has 0 atom stereocenters. The highest BCUT2D eigenvalue weighted by Crippen LogP contribution is 2.41. The maximum atomic E-state index is 4.95. The minimum atomic E-state index is 0.622. The van der Waals surface area contributed by atoms with Gasteiger partial charge in [-0.2, -0.15) is 0 Å². The lowest BCUT2D eigenvalue weighted by atomic mass is 10.1. The zero-order valence-electron chi connectivity index (χ0n) is 26.7. The van der Waals surface area contributed by atoms with Crippen LogP contribution >= 0.6 is 0 Å². The van der Waals surface area contributed by atoms with E-state index in [-0.39, 0.29) is 0 Å². The molecule has 234 valence electrons. The van der Waals surface area contributed by atoms with Gasteiger partial charge in [0.2, 0.25) is 0 Å². The first-order valence-electron chi connectivity index (χ1n) is 16.5. The van der Waals surface area contributed by atoms with Crippen molar-refractivity contribution in [2.45, 2.75) is 0 Å². The number of aromatic nitrogens is 7. The summed E-state index contributed by atoms with van der Waals surface area (Å²) < 4.78 is 4.61. The van der Waals surface area contributed by atoms with Crippen LogP contribution in [0.2, 0.25) is 0 Å². The molecule has 0 bridgehead atoms. The summed E-state index contributed by atoms with van der Waals surface area (Å²) in [5.74, 6) is 1.90. The highest BCUT2D eigenvalue weighted by molar-refractivity contribution is 6.25. The topological polar surface area (TPSA) is 74.3 Å². The zero-order chi connectivity index (χ0) is 33.0. The quantitative estimate of drug-likeness (QED) is 0.187. The van der Waals surface area contributed by atoms with Gasteiger partial charge in [-0.05, 0) is 48.5 Å². The summed E-state index contributed by atoms with van der Waals surface area (Å²) in [6, 6.07) is 52.0. The minimum absolute atomic E-state index is 0.622. The molecule has 4 heterocycles. The van der Waals surface area contributed by atoms with Crippen molar-refractivity contribution in [3.63, 3.8) is 0 Å². The van der Waals surface area contributed by atoms with Crippen LogP contribution in [-0.4, -0.2) is 34.1 Å². The third-order valence-electron chi connectivity index (χ3n) is 9.32. The van der Waals surface area contributed by atoms with E-state index < -0.39 is 0 Å². The van der Waals surface area contributed by atoms with Crippen LogP contribution in [0.1, 0.15) is 0 Å². The molecule has 10 aromatic rings. The Balaban J connectivity index is 1.20. The Kier molecular flexibility index (Phi) is 6.35. The Labute approximate surface area is 286 Å². The van der Waals surface area contributed by atoms with Gasteiger partial charge in [0.15, 0.2) is 17.5 Å². The highest BCUT2D eigenvalue weighted by Gasteiger charge is 2.22. The molecule has 6 aromatic carbocycles. The molecule has 0 N–H and O–H groups in total. The molecule has 7 heteroatoms. The van der Waals surface area contributed by atoms with E-state index in [9.17, 15) is 0 Å². The Hall–Kier alpha value is -6.99. The van der Waals surface area contributed by atoms with Crippen molar-refractivity contribution in [2.75, 3.05) is 0 Å². The molecule has 0 aliphatic rings. The van der Waals surface area contributed by atoms with Crippen molar-refractivity contribution in [1.29, 1.82) is 0 Å². The predicted octanol–water partition coefficient (Wildman–Crippen LogP) is 9.86. The average Bonchev–Trinajstić information content (AvgIpc) is 3.72. The van der Waals surface area contributed by atoms with E-state index in [0.29, 0.717) is 17.5 Å². The summed E-state index contributed by atoms with van der Waals surface area (Å²) in [4.78, 5) is 24.1. The smallest absolute Gasteiger partial charge is 0.164 e. The second kappa shape index (κ2) is 11.3. The standard InChI is InChI=1S/C43H27N7/c1-4-12-28(13-5-1)41-46-42(29-14-6-2-7-15-29)48-43(47-41)30-20-22-32(23-21-30)50-35-19-11-10-18-33(35)34-24-25-36-38(40(34)50)39-37(26-44-27-45-39)49(36)31-16-8-3-9-17-31/h1-27H. The van der Waals surface area contributed by atoms with Crippen LogP contribution < -0.4 is 0 Å². The fourth-order valence-electron chi connectivity index (χ4n) is 7.10. The average molecular weight is 642 g/mol. The van der Waals surface area contributed by atoms with Gasteiger partial charge in [0.25, 0.3) is 0 Å². The molecule has 10 rings (SSSR count). The Morgan fingerprint density at radius 1 is 0.400 bits per heavy atom. The van der Waals surface area contributed by atoms with Crippen LogP contribution in [0.15, 0.2) is 164 Å². The summed E-state index contributed by atoms with van der Waals surface area (Å²) in [6.45, 7) is 0. The van der Waals surface area contributed by atoms with Crippen LogP contribution in [0.3, 0.4) is 0 Å². The molecule has 0 aliphatic heterocycles. The van der Waals surface area contributed by atoms with Gasteiger partial charge in [-0.15, -0.1) is 0 Å². The molecule has 0 amide bonds. The number of nitrogens with zero attached hydrogens (tertiary/aromatic N) is 7. The third-order valence-corrected chi connectivity index (χ3v) is 9.32. The molecule has 7 nitrogen and oxygen atoms in total. The van der Waals surface area contributed by atoms with E-state index in [4.69, 9.17) is 19.9 Å². The van der Waals surface area contributed by atoms with Crippen molar-refractivity contribution < 1.29 is 0 Å². The molecule has 0 spiro atoms. The van der Waals surface area contributed by atoms with Crippen LogP contribution in [0.5, 0.6) is 0 Å². The van der Waals surface area contributed by atoms with E-state index in [1.165, 1.54) is 10.8 Å². The van der Waals surface area contributed by atoms with Gasteiger partial charge in [0.05, 0.1) is 33.6 Å². The molecule has 4 aromatic heterocycles. The Morgan fingerprint density at radius 3 is 1.62 bits per heavy atom. The highest BCUT2D eigenvalue weighted by atomic mass is 15.0. The SMILES string of the molecule is c1ccc(-c2nc(-c3ccccc3)nc(-c3ccc(-n4c5ccccc5c5ccc6c(c7ncncc7n6-c6ccccc6)c54)cc3)n2)cc1. The lowest BCUT2D eigenvalue weighted by Gasteiger charge is -2.11. The normalized spacial score (nSPS) is 11.6. The first-order valence-corrected chi connectivity index (χ1v) is 16.5. The molecule has 0 saturated carbocycles. The van der Waals surface area contributed by atoms with E-state index in [2.05, 4.69) is 99.0 Å². The fraction of sp³-hybridized carbons (Fsp3) is 0. The number of fused-ring (bicyclic) bond motifs is 7. The van der Waals surface area contributed by atoms with E-state index in [1.807, 2.05) is 72.9 Å². The number of para-hydroxylation sites is 2. The van der Waals surface area contributed by atoms with E-state index in [1.54, 1.807) is 6.33 Å². The monoisotopic (exact) mass is 641 g/mol. The number of rotatable bonds is 5. The first-order chi connectivity index (χ1) is 24.8. The number of benzene rings is 6. The molecule has 0 radical (unpaired) electrons. The van der Waals surface area contributed by atoms with Crippen molar-refractivity contribution in [2.24, 2.45) is 0 Å². The summed E-state index contributed by atoms with van der Waals surface area (Å²) in [5, 5.41) is 3.43. The predicted molar refractivity (Wildman–Crippen MR) is 200 cm³/mol. The van der Waals surface area contributed by atoms with Crippen LogP contribution in [0.4, 0.5) is 0 Å². The fourth-order valence-corrected chi connectivity index (χ4v) is 7.10. The molecule has 0 unspecified atom stereocenters. The molecule has 0 aliphatic carbocycles. The Morgan fingerprint density at radius 2 is 0.960 bits per heavy atom. The van der Waals surface area contributed by atoms with Crippen molar-refractivity contribution in [3.8, 4) is 45.5 Å². The minimum Gasteiger partial charge on any atom is -0.308 e. The van der Waals surface area contributed by atoms with Gasteiger partial charge >= 0.3 is 0 Å². The lowest BCUT2D eigenvalue weighted by Crippen LogP contribution is -2.00. The van der Waals surface area contributed by atoms with Gasteiger partial charge in [0.1, 0.15) is 11.8 Å². The number of hydrogen-bond acceptors (Lipinski definition) is 5. The molecular formula is C43H27N7. The maximum Gasteiger partial charge on any atom is 0.164 e. The second-order valence-electron chi connectivity index (χ2n) is 12.2. The maximum absolute atomic E-state index is 4.95. The zero-order valence-corrected chi connectivity index (χ0v) is 26.7. The third kappa shape index (κ3) is 4.41. The van der Waals surface area contributed by atoms with E-state index >= 15 is 0 Å².